The zero-order valence-corrected chi connectivity index (χ0v) is 16.6. The molecule has 0 saturated carbocycles. The summed E-state index contributed by atoms with van der Waals surface area (Å²) >= 11 is 2.78. The van der Waals surface area contributed by atoms with Crippen molar-refractivity contribution in [3.63, 3.8) is 0 Å². The van der Waals surface area contributed by atoms with Gasteiger partial charge >= 0.3 is 6.03 Å². The molecule has 1 aromatic carbocycles. The maximum absolute atomic E-state index is 13.1. The van der Waals surface area contributed by atoms with Gasteiger partial charge in [-0.05, 0) is 35.8 Å². The minimum Gasteiger partial charge on any atom is -0.370 e. The highest BCUT2D eigenvalue weighted by Gasteiger charge is 2.26. The molecule has 0 fully saturated rings. The fourth-order valence-corrected chi connectivity index (χ4v) is 4.01. The number of aliphatic imine (C=N–C) groups is 1. The van der Waals surface area contributed by atoms with Crippen LogP contribution in [0.25, 0.3) is 10.2 Å². The molecular formula is C18H20N6O2S2. The van der Waals surface area contributed by atoms with E-state index in [2.05, 4.69) is 15.3 Å². The maximum Gasteiger partial charge on any atom is 0.326 e. The molecule has 146 valence electrons. The van der Waals surface area contributed by atoms with Gasteiger partial charge in [0.05, 0.1) is 16.3 Å². The number of carbonyl (C=O) groups excluding carboxylic acids is 2. The Labute approximate surface area is 170 Å². The minimum atomic E-state index is -0.723. The van der Waals surface area contributed by atoms with E-state index in [1.165, 1.54) is 28.0 Å². The molecule has 3 rings (SSSR count). The van der Waals surface area contributed by atoms with Gasteiger partial charge in [0.25, 0.3) is 0 Å². The van der Waals surface area contributed by atoms with Gasteiger partial charge in [0.15, 0.2) is 11.0 Å². The number of ketones is 1. The van der Waals surface area contributed by atoms with Gasteiger partial charge in [-0.25, -0.2) is 9.78 Å². The lowest BCUT2D eigenvalue weighted by Crippen LogP contribution is -2.45. The molecule has 0 spiro atoms. The van der Waals surface area contributed by atoms with Crippen LogP contribution >= 0.6 is 23.1 Å². The molecule has 10 heteroatoms. The summed E-state index contributed by atoms with van der Waals surface area (Å²) in [4.78, 5) is 35.3. The maximum atomic E-state index is 13.1. The lowest BCUT2D eigenvalue weighted by Gasteiger charge is -2.21. The van der Waals surface area contributed by atoms with E-state index < -0.39 is 6.04 Å². The predicted molar refractivity (Wildman–Crippen MR) is 114 cm³/mol. The van der Waals surface area contributed by atoms with Crippen molar-refractivity contribution in [3.8, 4) is 0 Å². The van der Waals surface area contributed by atoms with Gasteiger partial charge in [0, 0.05) is 18.9 Å². The molecule has 2 heterocycles. The van der Waals surface area contributed by atoms with Crippen LogP contribution in [0.5, 0.6) is 0 Å². The van der Waals surface area contributed by atoms with E-state index in [1.807, 2.05) is 24.3 Å². The number of amides is 2. The van der Waals surface area contributed by atoms with Gasteiger partial charge in [-0.1, -0.05) is 12.1 Å². The van der Waals surface area contributed by atoms with E-state index in [9.17, 15) is 9.59 Å². The monoisotopic (exact) mass is 416 g/mol. The van der Waals surface area contributed by atoms with Crippen LogP contribution in [0.15, 0.2) is 52.5 Å². The van der Waals surface area contributed by atoms with Gasteiger partial charge in [-0.15, -0.1) is 23.1 Å². The van der Waals surface area contributed by atoms with Crippen molar-refractivity contribution in [2.45, 2.75) is 18.9 Å². The number of carbonyl (C=O) groups is 2. The number of rotatable bonds is 7. The third-order valence-corrected chi connectivity index (χ3v) is 5.51. The van der Waals surface area contributed by atoms with Crippen molar-refractivity contribution in [1.82, 2.24) is 15.2 Å². The fourth-order valence-electron chi connectivity index (χ4n) is 2.55. The molecule has 2 aromatic rings. The summed E-state index contributed by atoms with van der Waals surface area (Å²) in [5.41, 5.74) is 11.4. The number of nitrogens with two attached hydrogens (primary N) is 2. The number of urea groups is 1. The second-order valence-electron chi connectivity index (χ2n) is 5.92. The summed E-state index contributed by atoms with van der Waals surface area (Å²) in [6, 6.07) is 6.44. The first-order valence-corrected chi connectivity index (χ1v) is 10.3. The number of guanidine groups is 1. The molecular weight excluding hydrogens is 396 g/mol. The van der Waals surface area contributed by atoms with Gasteiger partial charge in [0.1, 0.15) is 0 Å². The SMILES string of the molecule is NC(N)=NCCCC(NC(=O)N1C=CSC=C1)C(=O)c1nc2ccccc2s1. The second kappa shape index (κ2) is 9.38. The first-order valence-electron chi connectivity index (χ1n) is 8.57. The lowest BCUT2D eigenvalue weighted by molar-refractivity contribution is 0.0937. The van der Waals surface area contributed by atoms with E-state index in [-0.39, 0.29) is 17.8 Å². The van der Waals surface area contributed by atoms with E-state index >= 15 is 0 Å². The Morgan fingerprint density at radius 2 is 1.96 bits per heavy atom. The normalized spacial score (nSPS) is 14.1. The standard InChI is InChI=1S/C18H20N6O2S2/c19-17(20)21-7-3-5-13(23-18(26)24-8-10-27-11-9-24)15(25)16-22-12-4-1-2-6-14(12)28-16/h1-2,4,6,8-11,13H,3,5,7H2,(H,23,26)(H4,19,20,21). The van der Waals surface area contributed by atoms with Crippen LogP contribution in [0.2, 0.25) is 0 Å². The first kappa shape index (κ1) is 19.9. The Hall–Kier alpha value is -2.85. The molecule has 1 atom stereocenters. The first-order chi connectivity index (χ1) is 13.5. The van der Waals surface area contributed by atoms with E-state index in [4.69, 9.17) is 11.5 Å². The second-order valence-corrected chi connectivity index (χ2v) is 7.76. The van der Waals surface area contributed by atoms with E-state index in [0.717, 1.165) is 10.2 Å². The highest BCUT2D eigenvalue weighted by atomic mass is 32.2. The summed E-state index contributed by atoms with van der Waals surface area (Å²) in [6.07, 6.45) is 4.21. The zero-order valence-electron chi connectivity index (χ0n) is 14.9. The largest absolute Gasteiger partial charge is 0.370 e. The third kappa shape index (κ3) is 5.11. The Morgan fingerprint density at radius 3 is 2.68 bits per heavy atom. The Balaban J connectivity index is 1.75. The number of benzene rings is 1. The smallest absolute Gasteiger partial charge is 0.326 e. The van der Waals surface area contributed by atoms with Crippen molar-refractivity contribution >= 4 is 51.1 Å². The molecule has 8 nitrogen and oxygen atoms in total. The van der Waals surface area contributed by atoms with Gasteiger partial charge < -0.3 is 16.8 Å². The van der Waals surface area contributed by atoms with Crippen molar-refractivity contribution in [1.29, 1.82) is 0 Å². The van der Waals surface area contributed by atoms with Gasteiger partial charge in [-0.2, -0.15) is 0 Å². The highest BCUT2D eigenvalue weighted by Crippen LogP contribution is 2.23. The molecule has 1 aromatic heterocycles. The summed E-state index contributed by atoms with van der Waals surface area (Å²) in [5, 5.41) is 6.73. The number of Topliss-reactive ketones (excluding diaryl/α,β-unsaturated/α-hetero) is 1. The van der Waals surface area contributed by atoms with E-state index in [1.54, 1.807) is 23.2 Å². The summed E-state index contributed by atoms with van der Waals surface area (Å²) in [7, 11) is 0. The van der Waals surface area contributed by atoms with Crippen molar-refractivity contribution in [2.24, 2.45) is 16.5 Å². The number of para-hydroxylation sites is 1. The molecule has 0 saturated heterocycles. The number of fused-ring (bicyclic) bond motifs is 1. The average molecular weight is 417 g/mol. The van der Waals surface area contributed by atoms with Crippen molar-refractivity contribution in [3.05, 3.63) is 52.5 Å². The van der Waals surface area contributed by atoms with Crippen LogP contribution in [0.1, 0.15) is 22.6 Å². The lowest BCUT2D eigenvalue weighted by atomic mass is 10.1. The number of nitrogens with one attached hydrogen (secondary N) is 1. The molecule has 1 aliphatic heterocycles. The van der Waals surface area contributed by atoms with Crippen molar-refractivity contribution in [2.75, 3.05) is 6.54 Å². The Morgan fingerprint density at radius 1 is 1.21 bits per heavy atom. The molecule has 0 radical (unpaired) electrons. The van der Waals surface area contributed by atoms with Crippen LogP contribution in [0.4, 0.5) is 4.79 Å². The molecule has 0 bridgehead atoms. The molecule has 28 heavy (non-hydrogen) atoms. The summed E-state index contributed by atoms with van der Waals surface area (Å²) in [5.74, 6) is -0.224. The number of hydrogen-bond acceptors (Lipinski definition) is 6. The van der Waals surface area contributed by atoms with Crippen LogP contribution < -0.4 is 16.8 Å². The fraction of sp³-hybridized carbons (Fsp3) is 0.222. The Kier molecular flexibility index (Phi) is 6.66. The Bertz CT molecular complexity index is 903. The van der Waals surface area contributed by atoms with Crippen molar-refractivity contribution < 1.29 is 9.59 Å². The van der Waals surface area contributed by atoms with Crippen LogP contribution in [0, 0.1) is 0 Å². The molecule has 0 aliphatic carbocycles. The van der Waals surface area contributed by atoms with E-state index in [0.29, 0.717) is 24.4 Å². The highest BCUT2D eigenvalue weighted by molar-refractivity contribution is 8.04. The number of aromatic nitrogens is 1. The predicted octanol–water partition coefficient (Wildman–Crippen LogP) is 2.60. The summed E-state index contributed by atoms with van der Waals surface area (Å²) < 4.78 is 0.926. The third-order valence-electron chi connectivity index (χ3n) is 3.90. The summed E-state index contributed by atoms with van der Waals surface area (Å²) in [6.45, 7) is 0.377. The van der Waals surface area contributed by atoms with Crippen LogP contribution in [0.3, 0.4) is 0 Å². The molecule has 5 N–H and O–H groups in total. The topological polar surface area (TPSA) is 127 Å². The van der Waals surface area contributed by atoms with Gasteiger partial charge in [0.2, 0.25) is 5.78 Å². The number of nitrogens with zero attached hydrogens (tertiary/aromatic N) is 3. The minimum absolute atomic E-state index is 0.000763. The quantitative estimate of drug-likeness (QED) is 0.276. The molecule has 1 aliphatic rings. The van der Waals surface area contributed by atoms with Gasteiger partial charge in [-0.3, -0.25) is 14.7 Å². The average Bonchev–Trinajstić information content (AvgIpc) is 3.14. The molecule has 1 unspecified atom stereocenters. The number of thiazole rings is 1. The van der Waals surface area contributed by atoms with Crippen LogP contribution in [-0.2, 0) is 0 Å². The van der Waals surface area contributed by atoms with Crippen LogP contribution in [-0.4, -0.2) is 40.2 Å². The zero-order chi connectivity index (χ0) is 19.9. The molecule has 2 amide bonds. The number of hydrogen-bond donors (Lipinski definition) is 3. The number of thioether (sulfide) groups is 1.